The molecule has 1 aromatic heterocycles. The summed E-state index contributed by atoms with van der Waals surface area (Å²) in [5.41, 5.74) is 3.14. The molecular formula is C19H19N5. The largest absolute Gasteiger partial charge is 0.365 e. The lowest BCUT2D eigenvalue weighted by Gasteiger charge is -2.21. The third kappa shape index (κ3) is 3.04. The number of benzene rings is 1. The summed E-state index contributed by atoms with van der Waals surface area (Å²) < 4.78 is 0. The number of hydrogen-bond acceptors (Lipinski definition) is 4. The number of aromatic nitrogens is 2. The van der Waals surface area contributed by atoms with E-state index in [1.807, 2.05) is 31.3 Å². The molecule has 120 valence electrons. The van der Waals surface area contributed by atoms with Gasteiger partial charge >= 0.3 is 0 Å². The van der Waals surface area contributed by atoms with Gasteiger partial charge in [-0.2, -0.15) is 5.10 Å². The molecule has 0 bridgehead atoms. The Morgan fingerprint density at radius 3 is 2.79 bits per heavy atom. The molecule has 1 fully saturated rings. The van der Waals surface area contributed by atoms with Gasteiger partial charge < -0.3 is 10.6 Å². The lowest BCUT2D eigenvalue weighted by atomic mass is 10.1. The first-order valence-corrected chi connectivity index (χ1v) is 8.18. The van der Waals surface area contributed by atoms with Crippen molar-refractivity contribution in [1.82, 2.24) is 15.5 Å². The van der Waals surface area contributed by atoms with Gasteiger partial charge in [-0.05, 0) is 25.3 Å². The Morgan fingerprint density at radius 2 is 2.04 bits per heavy atom. The molecule has 24 heavy (non-hydrogen) atoms. The van der Waals surface area contributed by atoms with E-state index < -0.39 is 0 Å². The minimum atomic E-state index is -0.127. The fraction of sp³-hybridized carbons (Fsp3) is 0.263. The second kappa shape index (κ2) is 6.25. The third-order valence-electron chi connectivity index (χ3n) is 4.14. The van der Waals surface area contributed by atoms with Crippen LogP contribution >= 0.6 is 0 Å². The Morgan fingerprint density at radius 1 is 1.21 bits per heavy atom. The Hall–Kier alpha value is -3.00. The summed E-state index contributed by atoms with van der Waals surface area (Å²) in [4.78, 5) is 4.79. The molecule has 5 nitrogen and oxygen atoms in total. The molecule has 2 heterocycles. The Balaban J connectivity index is 1.60. The quantitative estimate of drug-likeness (QED) is 0.761. The monoisotopic (exact) mass is 317 g/mol. The molecule has 0 radical (unpaired) electrons. The molecular weight excluding hydrogens is 298 g/mol. The van der Waals surface area contributed by atoms with Gasteiger partial charge in [0.15, 0.2) is 5.82 Å². The minimum Gasteiger partial charge on any atom is -0.365 e. The van der Waals surface area contributed by atoms with E-state index in [4.69, 9.17) is 4.99 Å². The molecule has 5 heteroatoms. The second-order valence-corrected chi connectivity index (χ2v) is 6.00. The number of anilines is 1. The van der Waals surface area contributed by atoms with Crippen LogP contribution in [0.3, 0.4) is 0 Å². The van der Waals surface area contributed by atoms with Crippen LogP contribution in [0.4, 0.5) is 5.82 Å². The molecule has 3 N–H and O–H groups in total. The highest BCUT2D eigenvalue weighted by Gasteiger charge is 2.26. The van der Waals surface area contributed by atoms with Crippen LogP contribution in [0.15, 0.2) is 53.2 Å². The predicted octanol–water partition coefficient (Wildman–Crippen LogP) is 3.31. The predicted molar refractivity (Wildman–Crippen MR) is 95.5 cm³/mol. The van der Waals surface area contributed by atoms with Gasteiger partial charge in [-0.25, -0.2) is 4.99 Å². The molecule has 0 amide bonds. The van der Waals surface area contributed by atoms with Crippen molar-refractivity contribution in [2.75, 3.05) is 5.32 Å². The van der Waals surface area contributed by atoms with Gasteiger partial charge in [0, 0.05) is 23.9 Å². The van der Waals surface area contributed by atoms with Crippen molar-refractivity contribution in [2.45, 2.75) is 31.8 Å². The molecule has 0 spiro atoms. The van der Waals surface area contributed by atoms with Crippen molar-refractivity contribution in [3.8, 4) is 11.8 Å². The van der Waals surface area contributed by atoms with Crippen LogP contribution in [0.25, 0.3) is 0 Å². The van der Waals surface area contributed by atoms with E-state index in [0.29, 0.717) is 5.92 Å². The van der Waals surface area contributed by atoms with Crippen molar-refractivity contribution in [2.24, 2.45) is 4.99 Å². The zero-order chi connectivity index (χ0) is 16.4. The number of nitrogens with zero attached hydrogens (tertiary/aromatic N) is 2. The van der Waals surface area contributed by atoms with E-state index in [-0.39, 0.29) is 6.17 Å². The van der Waals surface area contributed by atoms with Crippen molar-refractivity contribution in [3.63, 3.8) is 0 Å². The van der Waals surface area contributed by atoms with Crippen LogP contribution in [-0.4, -0.2) is 16.0 Å². The van der Waals surface area contributed by atoms with Crippen molar-refractivity contribution < 1.29 is 0 Å². The number of hydrogen-bond donors (Lipinski definition) is 3. The first kappa shape index (κ1) is 14.6. The maximum Gasteiger partial charge on any atom is 0.153 e. The van der Waals surface area contributed by atoms with Crippen molar-refractivity contribution in [1.29, 1.82) is 0 Å². The zero-order valence-corrected chi connectivity index (χ0v) is 13.5. The van der Waals surface area contributed by atoms with E-state index in [2.05, 4.69) is 50.9 Å². The Bertz CT molecular complexity index is 847. The number of rotatable bonds is 3. The summed E-state index contributed by atoms with van der Waals surface area (Å²) in [6.45, 7) is 1.82. The second-order valence-electron chi connectivity index (χ2n) is 6.00. The fourth-order valence-electron chi connectivity index (χ4n) is 2.73. The summed E-state index contributed by atoms with van der Waals surface area (Å²) in [6.07, 6.45) is 4.28. The van der Waals surface area contributed by atoms with Gasteiger partial charge in [0.25, 0.3) is 0 Å². The molecule has 1 aliphatic heterocycles. The highest BCUT2D eigenvalue weighted by molar-refractivity contribution is 6.11. The highest BCUT2D eigenvalue weighted by Crippen LogP contribution is 2.39. The Labute approximate surface area is 141 Å². The lowest BCUT2D eigenvalue weighted by Crippen LogP contribution is -2.27. The van der Waals surface area contributed by atoms with Gasteiger partial charge in [0.2, 0.25) is 0 Å². The van der Waals surface area contributed by atoms with Gasteiger partial charge in [-0.3, -0.25) is 5.10 Å². The normalized spacial score (nSPS) is 19.5. The standard InChI is InChI=1S/C19H19N5/c1-2-6-15-12-20-18(14-7-4-3-5-8-14)22-19(15)21-17-11-16(23-24-17)13-9-10-13/h3-5,7-8,11-13,18,20H,9-10H2,1H3,(H2,21,22,23,24). The molecule has 2 aromatic rings. The number of amidine groups is 1. The SMILES string of the molecule is CC#CC1=CNC(c2ccccc2)N=C1Nc1cc(C2CC2)[nH]n1. The zero-order valence-electron chi connectivity index (χ0n) is 13.5. The smallest absolute Gasteiger partial charge is 0.153 e. The molecule has 1 unspecified atom stereocenters. The molecule has 1 aliphatic carbocycles. The topological polar surface area (TPSA) is 65.1 Å². The number of aliphatic imine (C=N–C) groups is 1. The van der Waals surface area contributed by atoms with Crippen LogP contribution in [0.5, 0.6) is 0 Å². The average Bonchev–Trinajstić information content (AvgIpc) is 3.37. The van der Waals surface area contributed by atoms with Gasteiger partial charge in [0.1, 0.15) is 12.0 Å². The van der Waals surface area contributed by atoms with Crippen LogP contribution in [0, 0.1) is 11.8 Å². The molecule has 4 rings (SSSR count). The maximum absolute atomic E-state index is 4.79. The van der Waals surface area contributed by atoms with E-state index in [0.717, 1.165) is 22.8 Å². The van der Waals surface area contributed by atoms with Crippen LogP contribution in [0.2, 0.25) is 0 Å². The summed E-state index contributed by atoms with van der Waals surface area (Å²) >= 11 is 0. The number of aromatic amines is 1. The average molecular weight is 317 g/mol. The van der Waals surface area contributed by atoms with Crippen molar-refractivity contribution >= 4 is 11.7 Å². The molecule has 1 aromatic carbocycles. The maximum atomic E-state index is 4.79. The van der Waals surface area contributed by atoms with Crippen LogP contribution in [-0.2, 0) is 0 Å². The van der Waals surface area contributed by atoms with Crippen LogP contribution in [0.1, 0.15) is 43.1 Å². The highest BCUT2D eigenvalue weighted by atomic mass is 15.2. The third-order valence-corrected chi connectivity index (χ3v) is 4.14. The molecule has 2 aliphatic rings. The van der Waals surface area contributed by atoms with Gasteiger partial charge in [-0.15, -0.1) is 5.92 Å². The Kier molecular flexibility index (Phi) is 3.80. The molecule has 1 saturated carbocycles. The van der Waals surface area contributed by atoms with Gasteiger partial charge in [0.05, 0.1) is 5.57 Å². The van der Waals surface area contributed by atoms with E-state index in [1.54, 1.807) is 0 Å². The van der Waals surface area contributed by atoms with E-state index in [1.165, 1.54) is 18.5 Å². The van der Waals surface area contributed by atoms with E-state index in [9.17, 15) is 0 Å². The first-order valence-electron chi connectivity index (χ1n) is 8.18. The number of H-pyrrole nitrogens is 1. The fourth-order valence-corrected chi connectivity index (χ4v) is 2.73. The minimum absolute atomic E-state index is 0.127. The van der Waals surface area contributed by atoms with Gasteiger partial charge in [-0.1, -0.05) is 36.3 Å². The molecule has 1 atom stereocenters. The summed E-state index contributed by atoms with van der Waals surface area (Å²) in [5, 5.41) is 14.1. The van der Waals surface area contributed by atoms with Crippen LogP contribution < -0.4 is 10.6 Å². The lowest BCUT2D eigenvalue weighted by molar-refractivity contribution is 0.646. The van der Waals surface area contributed by atoms with E-state index >= 15 is 0 Å². The first-order chi connectivity index (χ1) is 11.8. The molecule has 0 saturated heterocycles. The summed E-state index contributed by atoms with van der Waals surface area (Å²) in [6, 6.07) is 12.2. The summed E-state index contributed by atoms with van der Waals surface area (Å²) in [5.74, 6) is 8.19. The number of nitrogens with one attached hydrogen (secondary N) is 3. The summed E-state index contributed by atoms with van der Waals surface area (Å²) in [7, 11) is 0. The van der Waals surface area contributed by atoms with Crippen molar-refractivity contribution in [3.05, 3.63) is 59.4 Å².